The van der Waals surface area contributed by atoms with Crippen molar-refractivity contribution < 1.29 is 0 Å². The Hall–Kier alpha value is -2.55. The van der Waals surface area contributed by atoms with Crippen molar-refractivity contribution in [3.8, 4) is 16.9 Å². The lowest BCUT2D eigenvalue weighted by atomic mass is 9.98. The van der Waals surface area contributed by atoms with E-state index < -0.39 is 0 Å². The summed E-state index contributed by atoms with van der Waals surface area (Å²) < 4.78 is 2.14. The van der Waals surface area contributed by atoms with Gasteiger partial charge in [0.15, 0.2) is 0 Å². The summed E-state index contributed by atoms with van der Waals surface area (Å²) in [6.07, 6.45) is 6.18. The van der Waals surface area contributed by atoms with Crippen LogP contribution in [0.2, 0.25) is 0 Å². The SMILES string of the molecule is c1ccc(-n2cncc2-c2cccc3c2NCCC3)cc1. The van der Waals surface area contributed by atoms with Gasteiger partial charge in [-0.25, -0.2) is 4.98 Å². The van der Waals surface area contributed by atoms with Crippen LogP contribution in [-0.4, -0.2) is 16.1 Å². The van der Waals surface area contributed by atoms with Crippen molar-refractivity contribution >= 4 is 5.69 Å². The van der Waals surface area contributed by atoms with Crippen molar-refractivity contribution in [2.45, 2.75) is 12.8 Å². The van der Waals surface area contributed by atoms with Crippen molar-refractivity contribution in [3.05, 3.63) is 66.6 Å². The third-order valence-electron chi connectivity index (χ3n) is 4.02. The first-order chi connectivity index (χ1) is 10.4. The average Bonchev–Trinajstić information content (AvgIpc) is 3.04. The molecule has 0 atom stereocenters. The van der Waals surface area contributed by atoms with Crippen LogP contribution in [-0.2, 0) is 6.42 Å². The molecular weight excluding hydrogens is 258 g/mol. The van der Waals surface area contributed by atoms with Crippen LogP contribution in [0.4, 0.5) is 5.69 Å². The Morgan fingerprint density at radius 3 is 2.81 bits per heavy atom. The third-order valence-corrected chi connectivity index (χ3v) is 4.02. The highest BCUT2D eigenvalue weighted by Gasteiger charge is 2.16. The molecule has 2 heterocycles. The first kappa shape index (κ1) is 12.2. The van der Waals surface area contributed by atoms with E-state index in [1.165, 1.54) is 23.2 Å². The highest BCUT2D eigenvalue weighted by atomic mass is 15.1. The summed E-state index contributed by atoms with van der Waals surface area (Å²) in [7, 11) is 0. The molecule has 21 heavy (non-hydrogen) atoms. The van der Waals surface area contributed by atoms with Gasteiger partial charge in [-0.2, -0.15) is 0 Å². The number of nitrogens with one attached hydrogen (secondary N) is 1. The van der Waals surface area contributed by atoms with Crippen LogP contribution in [0, 0.1) is 0 Å². The lowest BCUT2D eigenvalue weighted by Crippen LogP contribution is -2.13. The number of benzene rings is 2. The molecule has 3 aromatic rings. The fourth-order valence-corrected chi connectivity index (χ4v) is 3.01. The van der Waals surface area contributed by atoms with E-state index in [0.29, 0.717) is 0 Å². The van der Waals surface area contributed by atoms with E-state index in [1.807, 2.05) is 18.6 Å². The van der Waals surface area contributed by atoms with E-state index >= 15 is 0 Å². The molecule has 0 bridgehead atoms. The second-order valence-electron chi connectivity index (χ2n) is 5.35. The zero-order chi connectivity index (χ0) is 14.1. The smallest absolute Gasteiger partial charge is 0.0997 e. The van der Waals surface area contributed by atoms with E-state index in [9.17, 15) is 0 Å². The van der Waals surface area contributed by atoms with Crippen LogP contribution in [0.3, 0.4) is 0 Å². The second-order valence-corrected chi connectivity index (χ2v) is 5.35. The largest absolute Gasteiger partial charge is 0.384 e. The number of rotatable bonds is 2. The topological polar surface area (TPSA) is 29.9 Å². The average molecular weight is 275 g/mol. The summed E-state index contributed by atoms with van der Waals surface area (Å²) in [5.74, 6) is 0. The molecular formula is C18H17N3. The van der Waals surface area contributed by atoms with Crippen molar-refractivity contribution in [1.82, 2.24) is 9.55 Å². The standard InChI is InChI=1S/C18H17N3/c1-2-8-15(9-3-1)21-13-19-12-17(21)16-10-4-6-14-7-5-11-20-18(14)16/h1-4,6,8-10,12-13,20H,5,7,11H2. The quantitative estimate of drug-likeness (QED) is 0.768. The maximum Gasteiger partial charge on any atom is 0.0997 e. The number of nitrogens with zero attached hydrogens (tertiary/aromatic N) is 2. The van der Waals surface area contributed by atoms with Gasteiger partial charge < -0.3 is 5.32 Å². The van der Waals surface area contributed by atoms with Gasteiger partial charge in [-0.3, -0.25) is 4.57 Å². The zero-order valence-corrected chi connectivity index (χ0v) is 11.8. The highest BCUT2D eigenvalue weighted by Crippen LogP contribution is 2.34. The van der Waals surface area contributed by atoms with Gasteiger partial charge in [0, 0.05) is 23.5 Å². The van der Waals surface area contributed by atoms with Crippen LogP contribution >= 0.6 is 0 Å². The van der Waals surface area contributed by atoms with Gasteiger partial charge in [-0.15, -0.1) is 0 Å². The normalized spacial score (nSPS) is 13.5. The molecule has 0 amide bonds. The Morgan fingerprint density at radius 1 is 1.00 bits per heavy atom. The summed E-state index contributed by atoms with van der Waals surface area (Å²) in [6.45, 7) is 1.05. The van der Waals surface area contributed by atoms with Gasteiger partial charge in [0.05, 0.1) is 18.2 Å². The lowest BCUT2D eigenvalue weighted by molar-refractivity contribution is 0.830. The molecule has 0 aliphatic carbocycles. The number of fused-ring (bicyclic) bond motifs is 1. The minimum absolute atomic E-state index is 1.05. The molecule has 0 unspecified atom stereocenters. The minimum Gasteiger partial charge on any atom is -0.384 e. The van der Waals surface area contributed by atoms with Gasteiger partial charge >= 0.3 is 0 Å². The summed E-state index contributed by atoms with van der Waals surface area (Å²) in [5.41, 5.74) is 6.17. The molecule has 2 aromatic carbocycles. The second kappa shape index (κ2) is 5.09. The minimum atomic E-state index is 1.05. The van der Waals surface area contributed by atoms with E-state index in [2.05, 4.69) is 57.3 Å². The number of para-hydroxylation sites is 2. The Balaban J connectivity index is 1.88. The molecule has 0 saturated heterocycles. The summed E-state index contributed by atoms with van der Waals surface area (Å²) in [6, 6.07) is 16.9. The van der Waals surface area contributed by atoms with Gasteiger partial charge in [0.2, 0.25) is 0 Å². The van der Waals surface area contributed by atoms with Crippen LogP contribution < -0.4 is 5.32 Å². The molecule has 0 fully saturated rings. The summed E-state index contributed by atoms with van der Waals surface area (Å²) in [4.78, 5) is 4.36. The molecule has 3 heteroatoms. The molecule has 0 radical (unpaired) electrons. The summed E-state index contributed by atoms with van der Waals surface area (Å²) in [5, 5.41) is 3.56. The maximum atomic E-state index is 4.36. The molecule has 1 aliphatic heterocycles. The van der Waals surface area contributed by atoms with Crippen molar-refractivity contribution in [1.29, 1.82) is 0 Å². The maximum absolute atomic E-state index is 4.36. The molecule has 1 N–H and O–H groups in total. The van der Waals surface area contributed by atoms with E-state index in [0.717, 1.165) is 24.3 Å². The van der Waals surface area contributed by atoms with Gasteiger partial charge in [0.25, 0.3) is 0 Å². The number of hydrogen-bond acceptors (Lipinski definition) is 2. The van der Waals surface area contributed by atoms with Gasteiger partial charge in [0.1, 0.15) is 0 Å². The van der Waals surface area contributed by atoms with Crippen LogP contribution in [0.15, 0.2) is 61.1 Å². The first-order valence-electron chi connectivity index (χ1n) is 7.37. The van der Waals surface area contributed by atoms with E-state index in [4.69, 9.17) is 0 Å². The molecule has 3 nitrogen and oxygen atoms in total. The van der Waals surface area contributed by atoms with Crippen molar-refractivity contribution in [3.63, 3.8) is 0 Å². The summed E-state index contributed by atoms with van der Waals surface area (Å²) >= 11 is 0. The molecule has 104 valence electrons. The molecule has 0 saturated carbocycles. The predicted octanol–water partition coefficient (Wildman–Crippen LogP) is 3.90. The Bertz CT molecular complexity index is 759. The monoisotopic (exact) mass is 275 g/mol. The third kappa shape index (κ3) is 2.11. The zero-order valence-electron chi connectivity index (χ0n) is 11.8. The van der Waals surface area contributed by atoms with Gasteiger partial charge in [-0.1, -0.05) is 36.4 Å². The van der Waals surface area contributed by atoms with Crippen molar-refractivity contribution in [2.24, 2.45) is 0 Å². The fourth-order valence-electron chi connectivity index (χ4n) is 3.01. The fraction of sp³-hybridized carbons (Fsp3) is 0.167. The highest BCUT2D eigenvalue weighted by molar-refractivity contribution is 5.79. The molecule has 0 spiro atoms. The van der Waals surface area contributed by atoms with Gasteiger partial charge in [-0.05, 0) is 30.5 Å². The van der Waals surface area contributed by atoms with Crippen LogP contribution in [0.1, 0.15) is 12.0 Å². The molecule has 4 rings (SSSR count). The van der Waals surface area contributed by atoms with E-state index in [-0.39, 0.29) is 0 Å². The molecule has 1 aromatic heterocycles. The molecule has 1 aliphatic rings. The van der Waals surface area contributed by atoms with E-state index in [1.54, 1.807) is 0 Å². The number of anilines is 1. The first-order valence-corrected chi connectivity index (χ1v) is 7.37. The number of aromatic nitrogens is 2. The van der Waals surface area contributed by atoms with Crippen molar-refractivity contribution in [2.75, 3.05) is 11.9 Å². The number of aryl methyl sites for hydroxylation is 1. The van der Waals surface area contributed by atoms with Crippen LogP contribution in [0.5, 0.6) is 0 Å². The number of imidazole rings is 1. The number of hydrogen-bond donors (Lipinski definition) is 1. The lowest BCUT2D eigenvalue weighted by Gasteiger charge is -2.21. The Morgan fingerprint density at radius 2 is 1.90 bits per heavy atom. The Kier molecular flexibility index (Phi) is 2.96. The van der Waals surface area contributed by atoms with Crippen LogP contribution in [0.25, 0.3) is 16.9 Å². The predicted molar refractivity (Wildman–Crippen MR) is 85.8 cm³/mol. The Labute approximate surface area is 124 Å².